The number of hydrogen-bond donors (Lipinski definition) is 1. The lowest BCUT2D eigenvalue weighted by molar-refractivity contribution is 0.619. The van der Waals surface area contributed by atoms with Gasteiger partial charge in [-0.15, -0.1) is 11.3 Å². The molecule has 2 nitrogen and oxygen atoms in total. The van der Waals surface area contributed by atoms with Crippen LogP contribution in [0.4, 0.5) is 0 Å². The van der Waals surface area contributed by atoms with E-state index in [0.29, 0.717) is 6.42 Å². The summed E-state index contributed by atoms with van der Waals surface area (Å²) in [6.07, 6.45) is 0.517. The standard InChI is InChI=1S/C8H9BrN2S/c1-11-6(4-5-10)7-2-3-8(9)12-7/h2-3,6,11H,4H2,1H3. The van der Waals surface area contributed by atoms with Gasteiger partial charge >= 0.3 is 0 Å². The molecule has 0 bridgehead atoms. The van der Waals surface area contributed by atoms with E-state index in [1.165, 1.54) is 4.88 Å². The highest BCUT2D eigenvalue weighted by Gasteiger charge is 2.09. The molecule has 64 valence electrons. The molecule has 0 amide bonds. The molecule has 0 saturated heterocycles. The van der Waals surface area contributed by atoms with E-state index in [1.807, 2.05) is 19.2 Å². The molecule has 1 rings (SSSR count). The first-order chi connectivity index (χ1) is 5.77. The minimum atomic E-state index is 0.172. The van der Waals surface area contributed by atoms with Crippen LogP contribution in [0.15, 0.2) is 15.9 Å². The topological polar surface area (TPSA) is 35.8 Å². The van der Waals surface area contributed by atoms with Gasteiger partial charge in [0.05, 0.1) is 22.3 Å². The molecule has 12 heavy (non-hydrogen) atoms. The molecule has 1 atom stereocenters. The van der Waals surface area contributed by atoms with E-state index < -0.39 is 0 Å². The summed E-state index contributed by atoms with van der Waals surface area (Å²) in [5.74, 6) is 0. The second-order valence-electron chi connectivity index (χ2n) is 2.35. The molecular formula is C8H9BrN2S. The molecule has 1 N–H and O–H groups in total. The first-order valence-corrected chi connectivity index (χ1v) is 5.18. The Bertz CT molecular complexity index is 289. The molecule has 0 aliphatic rings. The van der Waals surface area contributed by atoms with Crippen molar-refractivity contribution in [2.24, 2.45) is 0 Å². The average Bonchev–Trinajstić information content (AvgIpc) is 2.47. The molecular weight excluding hydrogens is 236 g/mol. The summed E-state index contributed by atoms with van der Waals surface area (Å²) in [5, 5.41) is 11.6. The third-order valence-corrected chi connectivity index (χ3v) is 3.32. The molecule has 1 heterocycles. The van der Waals surface area contributed by atoms with Crippen molar-refractivity contribution in [3.63, 3.8) is 0 Å². The maximum absolute atomic E-state index is 8.54. The van der Waals surface area contributed by atoms with Crippen LogP contribution in [0.1, 0.15) is 17.3 Å². The van der Waals surface area contributed by atoms with Crippen LogP contribution in [-0.2, 0) is 0 Å². The van der Waals surface area contributed by atoms with Gasteiger partial charge in [0.1, 0.15) is 0 Å². The van der Waals surface area contributed by atoms with Crippen LogP contribution in [0.2, 0.25) is 0 Å². The van der Waals surface area contributed by atoms with Crippen LogP contribution < -0.4 is 5.32 Å². The predicted molar refractivity (Wildman–Crippen MR) is 54.0 cm³/mol. The van der Waals surface area contributed by atoms with Gasteiger partial charge in [-0.2, -0.15) is 5.26 Å². The molecule has 1 unspecified atom stereocenters. The van der Waals surface area contributed by atoms with Crippen LogP contribution in [0.25, 0.3) is 0 Å². The van der Waals surface area contributed by atoms with Crippen molar-refractivity contribution >= 4 is 27.3 Å². The number of hydrogen-bond acceptors (Lipinski definition) is 3. The smallest absolute Gasteiger partial charge is 0.0701 e. The van der Waals surface area contributed by atoms with E-state index in [9.17, 15) is 0 Å². The summed E-state index contributed by atoms with van der Waals surface area (Å²) in [4.78, 5) is 1.20. The van der Waals surface area contributed by atoms with Gasteiger partial charge in [-0.3, -0.25) is 0 Å². The Labute approximate surface area is 84.3 Å². The lowest BCUT2D eigenvalue weighted by atomic mass is 10.2. The van der Waals surface area contributed by atoms with Gasteiger partial charge in [0.25, 0.3) is 0 Å². The van der Waals surface area contributed by atoms with E-state index in [0.717, 1.165) is 3.79 Å². The summed E-state index contributed by atoms with van der Waals surface area (Å²) in [5.41, 5.74) is 0. The zero-order valence-corrected chi connectivity index (χ0v) is 9.08. The van der Waals surface area contributed by atoms with Crippen molar-refractivity contribution < 1.29 is 0 Å². The fraction of sp³-hybridized carbons (Fsp3) is 0.375. The van der Waals surface area contributed by atoms with Crippen LogP contribution in [0.3, 0.4) is 0 Å². The van der Waals surface area contributed by atoms with Crippen LogP contribution in [0, 0.1) is 11.3 Å². The second kappa shape index (κ2) is 4.61. The number of nitrogens with one attached hydrogen (secondary N) is 1. The summed E-state index contributed by atoms with van der Waals surface area (Å²) in [7, 11) is 1.87. The lowest BCUT2D eigenvalue weighted by Crippen LogP contribution is -2.14. The normalized spacial score (nSPS) is 12.4. The van der Waals surface area contributed by atoms with Crippen LogP contribution in [-0.4, -0.2) is 7.05 Å². The monoisotopic (exact) mass is 244 g/mol. The fourth-order valence-corrected chi connectivity index (χ4v) is 2.49. The first-order valence-electron chi connectivity index (χ1n) is 3.57. The molecule has 0 aliphatic heterocycles. The van der Waals surface area contributed by atoms with Crippen LogP contribution in [0.5, 0.6) is 0 Å². The van der Waals surface area contributed by atoms with Crippen molar-refractivity contribution in [2.75, 3.05) is 7.05 Å². The van der Waals surface area contributed by atoms with Gasteiger partial charge < -0.3 is 5.32 Å². The molecule has 1 aromatic rings. The Morgan fingerprint density at radius 3 is 2.92 bits per heavy atom. The SMILES string of the molecule is CNC(CC#N)c1ccc(Br)s1. The third-order valence-electron chi connectivity index (χ3n) is 1.58. The Hall–Kier alpha value is -0.370. The van der Waals surface area contributed by atoms with Crippen molar-refractivity contribution in [3.05, 3.63) is 20.8 Å². The highest BCUT2D eigenvalue weighted by Crippen LogP contribution is 2.28. The van der Waals surface area contributed by atoms with E-state index in [4.69, 9.17) is 5.26 Å². The van der Waals surface area contributed by atoms with Crippen molar-refractivity contribution in [1.29, 1.82) is 5.26 Å². The molecule has 0 spiro atoms. The van der Waals surface area contributed by atoms with Gasteiger partial charge in [-0.05, 0) is 35.1 Å². The number of thiophene rings is 1. The second-order valence-corrected chi connectivity index (χ2v) is 4.84. The molecule has 4 heteroatoms. The minimum absolute atomic E-state index is 0.172. The summed E-state index contributed by atoms with van der Waals surface area (Å²) >= 11 is 5.05. The average molecular weight is 245 g/mol. The predicted octanol–water partition coefficient (Wildman–Crippen LogP) is 2.68. The van der Waals surface area contributed by atoms with Crippen molar-refractivity contribution in [2.45, 2.75) is 12.5 Å². The summed E-state index contributed by atoms with van der Waals surface area (Å²) in [6.45, 7) is 0. The van der Waals surface area contributed by atoms with E-state index in [1.54, 1.807) is 11.3 Å². The zero-order chi connectivity index (χ0) is 8.97. The maximum Gasteiger partial charge on any atom is 0.0701 e. The van der Waals surface area contributed by atoms with Gasteiger partial charge in [-0.25, -0.2) is 0 Å². The van der Waals surface area contributed by atoms with Crippen molar-refractivity contribution in [3.8, 4) is 6.07 Å². The molecule has 0 aliphatic carbocycles. The first kappa shape index (κ1) is 9.72. The maximum atomic E-state index is 8.54. The van der Waals surface area contributed by atoms with E-state index in [-0.39, 0.29) is 6.04 Å². The highest BCUT2D eigenvalue weighted by molar-refractivity contribution is 9.11. The molecule has 1 aromatic heterocycles. The number of halogens is 1. The van der Waals surface area contributed by atoms with E-state index >= 15 is 0 Å². The fourth-order valence-electron chi connectivity index (χ4n) is 0.952. The van der Waals surface area contributed by atoms with Gasteiger partial charge in [0.15, 0.2) is 0 Å². The Balaban J connectivity index is 2.74. The number of nitrogens with zero attached hydrogens (tertiary/aromatic N) is 1. The largest absolute Gasteiger partial charge is 0.311 e. The Morgan fingerprint density at radius 1 is 1.75 bits per heavy atom. The zero-order valence-electron chi connectivity index (χ0n) is 6.67. The lowest BCUT2D eigenvalue weighted by Gasteiger charge is -2.08. The van der Waals surface area contributed by atoms with Gasteiger partial charge in [0.2, 0.25) is 0 Å². The van der Waals surface area contributed by atoms with E-state index in [2.05, 4.69) is 27.3 Å². The number of nitriles is 1. The molecule has 0 aromatic carbocycles. The summed E-state index contributed by atoms with van der Waals surface area (Å²) in [6, 6.07) is 6.36. The highest BCUT2D eigenvalue weighted by atomic mass is 79.9. The van der Waals surface area contributed by atoms with Gasteiger partial charge in [-0.1, -0.05) is 0 Å². The van der Waals surface area contributed by atoms with Crippen molar-refractivity contribution in [1.82, 2.24) is 5.32 Å². The molecule has 0 fully saturated rings. The summed E-state index contributed by atoms with van der Waals surface area (Å²) < 4.78 is 1.11. The molecule has 0 saturated carbocycles. The Kier molecular flexibility index (Phi) is 3.73. The number of rotatable bonds is 3. The molecule has 0 radical (unpaired) electrons. The van der Waals surface area contributed by atoms with Gasteiger partial charge in [0, 0.05) is 4.88 Å². The quantitative estimate of drug-likeness (QED) is 0.888. The third kappa shape index (κ3) is 2.31. The van der Waals surface area contributed by atoms with Crippen LogP contribution >= 0.6 is 27.3 Å². The Morgan fingerprint density at radius 2 is 2.50 bits per heavy atom. The minimum Gasteiger partial charge on any atom is -0.311 e.